The molecule has 12 nitrogen and oxygen atoms in total. The molecule has 0 aromatic carbocycles. The highest BCUT2D eigenvalue weighted by atomic mass is 32.2. The van der Waals surface area contributed by atoms with Crippen molar-refractivity contribution in [3.8, 4) is 0 Å². The zero-order valence-electron chi connectivity index (χ0n) is 19.5. The Morgan fingerprint density at radius 1 is 1.06 bits per heavy atom. The number of carboxylic acid groups (broad SMARTS) is 2. The van der Waals surface area contributed by atoms with Crippen LogP contribution >= 0.6 is 11.8 Å². The molecule has 8 N–H and O–H groups in total. The Kier molecular flexibility index (Phi) is 13.5. The second-order valence-electron chi connectivity index (χ2n) is 8.26. The minimum absolute atomic E-state index is 0.0771. The van der Waals surface area contributed by atoms with Crippen molar-refractivity contribution in [2.75, 3.05) is 25.1 Å². The van der Waals surface area contributed by atoms with Gasteiger partial charge in [-0.1, -0.05) is 0 Å². The molecule has 4 atom stereocenters. The first-order chi connectivity index (χ1) is 16.1. The highest BCUT2D eigenvalue weighted by Gasteiger charge is 2.38. The van der Waals surface area contributed by atoms with Crippen LogP contribution in [0.3, 0.4) is 0 Å². The molecular formula is C21H37N5O7S. The van der Waals surface area contributed by atoms with Crippen molar-refractivity contribution < 1.29 is 34.2 Å². The molecule has 1 heterocycles. The number of likely N-dealkylation sites (tertiary alicyclic amines) is 1. The van der Waals surface area contributed by atoms with E-state index in [9.17, 15) is 29.1 Å². The number of carboxylic acids is 2. The molecule has 0 aromatic rings. The molecule has 1 aliphatic rings. The Hall–Kier alpha value is -2.38. The number of nitrogens with one attached hydrogen (secondary N) is 2. The lowest BCUT2D eigenvalue weighted by molar-refractivity contribution is -0.145. The van der Waals surface area contributed by atoms with Crippen LogP contribution in [0.1, 0.15) is 51.4 Å². The predicted octanol–water partition coefficient (Wildman–Crippen LogP) is -0.894. The minimum Gasteiger partial charge on any atom is -0.481 e. The molecule has 0 aromatic heterocycles. The monoisotopic (exact) mass is 503 g/mol. The Morgan fingerprint density at radius 2 is 1.76 bits per heavy atom. The molecule has 1 aliphatic heterocycles. The van der Waals surface area contributed by atoms with Crippen LogP contribution in [0.15, 0.2) is 0 Å². The summed E-state index contributed by atoms with van der Waals surface area (Å²) in [6.07, 6.45) is 4.15. The number of aliphatic carboxylic acids is 2. The Labute approximate surface area is 203 Å². The highest BCUT2D eigenvalue weighted by Crippen LogP contribution is 2.20. The molecule has 3 amide bonds. The lowest BCUT2D eigenvalue weighted by Gasteiger charge is -2.30. The van der Waals surface area contributed by atoms with Crippen molar-refractivity contribution in [3.63, 3.8) is 0 Å². The molecule has 0 aliphatic carbocycles. The molecule has 194 valence electrons. The molecule has 1 fully saturated rings. The third-order valence-corrected chi connectivity index (χ3v) is 6.28. The average Bonchev–Trinajstić information content (AvgIpc) is 3.28. The lowest BCUT2D eigenvalue weighted by atomic mass is 10.1. The number of nitrogens with zero attached hydrogens (tertiary/aromatic N) is 1. The van der Waals surface area contributed by atoms with Gasteiger partial charge < -0.3 is 37.2 Å². The summed E-state index contributed by atoms with van der Waals surface area (Å²) >= 11 is 1.47. The van der Waals surface area contributed by atoms with Gasteiger partial charge in [0.1, 0.15) is 18.1 Å². The summed E-state index contributed by atoms with van der Waals surface area (Å²) in [6.45, 7) is 0.710. The van der Waals surface area contributed by atoms with Crippen molar-refractivity contribution in [2.24, 2.45) is 11.5 Å². The Bertz CT molecular complexity index is 724. The van der Waals surface area contributed by atoms with Gasteiger partial charge in [-0.05, 0) is 63.5 Å². The summed E-state index contributed by atoms with van der Waals surface area (Å²) in [4.78, 5) is 62.3. The van der Waals surface area contributed by atoms with Gasteiger partial charge in [-0.2, -0.15) is 11.8 Å². The van der Waals surface area contributed by atoms with Crippen molar-refractivity contribution in [3.05, 3.63) is 0 Å². The van der Waals surface area contributed by atoms with Crippen molar-refractivity contribution in [1.82, 2.24) is 15.5 Å². The predicted molar refractivity (Wildman–Crippen MR) is 127 cm³/mol. The van der Waals surface area contributed by atoms with E-state index in [0.29, 0.717) is 44.5 Å². The molecule has 0 bridgehead atoms. The van der Waals surface area contributed by atoms with Gasteiger partial charge in [0.25, 0.3) is 0 Å². The van der Waals surface area contributed by atoms with Crippen molar-refractivity contribution in [1.29, 1.82) is 0 Å². The summed E-state index contributed by atoms with van der Waals surface area (Å²) in [5.74, 6) is -3.30. The molecule has 1 rings (SSSR count). The van der Waals surface area contributed by atoms with Crippen LogP contribution in [0.2, 0.25) is 0 Å². The van der Waals surface area contributed by atoms with E-state index in [1.165, 1.54) is 16.7 Å². The minimum atomic E-state index is -1.14. The smallest absolute Gasteiger partial charge is 0.326 e. The summed E-state index contributed by atoms with van der Waals surface area (Å²) in [5.41, 5.74) is 11.3. The van der Waals surface area contributed by atoms with E-state index in [0.717, 1.165) is 0 Å². The fraction of sp³-hybridized carbons (Fsp3) is 0.762. The number of carbonyl (C=O) groups excluding carboxylic acids is 3. The van der Waals surface area contributed by atoms with E-state index >= 15 is 0 Å². The molecule has 13 heteroatoms. The summed E-state index contributed by atoms with van der Waals surface area (Å²) in [7, 11) is 0. The fourth-order valence-corrected chi connectivity index (χ4v) is 4.17. The first-order valence-electron chi connectivity index (χ1n) is 11.4. The summed E-state index contributed by atoms with van der Waals surface area (Å²) in [5, 5.41) is 23.3. The van der Waals surface area contributed by atoms with Gasteiger partial charge in [0.05, 0.1) is 6.04 Å². The number of hydrogen-bond donors (Lipinski definition) is 6. The Morgan fingerprint density at radius 3 is 2.35 bits per heavy atom. The second kappa shape index (κ2) is 15.5. The Balaban J connectivity index is 2.90. The normalized spacial score (nSPS) is 18.1. The van der Waals surface area contributed by atoms with Gasteiger partial charge >= 0.3 is 11.9 Å². The first kappa shape index (κ1) is 29.7. The van der Waals surface area contributed by atoms with E-state index in [1.807, 2.05) is 6.26 Å². The second-order valence-corrected chi connectivity index (χ2v) is 9.24. The van der Waals surface area contributed by atoms with Crippen molar-refractivity contribution >= 4 is 41.4 Å². The molecule has 4 unspecified atom stereocenters. The zero-order valence-corrected chi connectivity index (χ0v) is 20.3. The van der Waals surface area contributed by atoms with Gasteiger partial charge in [-0.3, -0.25) is 19.2 Å². The molecule has 0 saturated carbocycles. The van der Waals surface area contributed by atoms with Crippen molar-refractivity contribution in [2.45, 2.75) is 75.5 Å². The lowest BCUT2D eigenvalue weighted by Crippen LogP contribution is -2.56. The van der Waals surface area contributed by atoms with E-state index in [2.05, 4.69) is 10.6 Å². The fourth-order valence-electron chi connectivity index (χ4n) is 3.70. The molecule has 1 saturated heterocycles. The maximum absolute atomic E-state index is 13.3. The number of hydrogen-bond acceptors (Lipinski definition) is 8. The summed E-state index contributed by atoms with van der Waals surface area (Å²) in [6, 6.07) is -3.93. The quantitative estimate of drug-likeness (QED) is 0.143. The third-order valence-electron chi connectivity index (χ3n) is 5.63. The number of unbranched alkanes of at least 4 members (excludes halogenated alkanes) is 1. The molecule has 34 heavy (non-hydrogen) atoms. The van der Waals surface area contributed by atoms with Crippen LogP contribution in [-0.2, 0) is 24.0 Å². The van der Waals surface area contributed by atoms with Crippen LogP contribution in [0.5, 0.6) is 0 Å². The number of carbonyl (C=O) groups is 5. The maximum Gasteiger partial charge on any atom is 0.326 e. The van der Waals surface area contributed by atoms with Gasteiger partial charge in [-0.15, -0.1) is 0 Å². The molecule has 0 spiro atoms. The van der Waals surface area contributed by atoms with E-state index < -0.39 is 53.8 Å². The number of rotatable bonds is 16. The highest BCUT2D eigenvalue weighted by molar-refractivity contribution is 7.98. The van der Waals surface area contributed by atoms with Crippen LogP contribution in [0, 0.1) is 0 Å². The molecule has 0 radical (unpaired) electrons. The zero-order chi connectivity index (χ0) is 25.7. The SMILES string of the molecule is CSCCC(NC(=O)C1CCCN1C(=O)C(CCCCN)NC(=O)C(N)CCC(=O)O)C(=O)O. The van der Waals surface area contributed by atoms with Crippen LogP contribution in [0.25, 0.3) is 0 Å². The standard InChI is InChI=1S/C21H37N5O7S/c1-34-12-9-15(21(32)33)25-19(30)16-6-4-11-26(16)20(31)14(5-2-3-10-22)24-18(29)13(23)7-8-17(27)28/h13-16H,2-12,22-23H2,1H3,(H,24,29)(H,25,30)(H,27,28)(H,32,33). The first-order valence-corrected chi connectivity index (χ1v) is 12.8. The number of thioether (sulfide) groups is 1. The number of amides is 3. The topological polar surface area (TPSA) is 205 Å². The van der Waals surface area contributed by atoms with E-state index in [4.69, 9.17) is 16.6 Å². The van der Waals surface area contributed by atoms with Gasteiger partial charge in [-0.25, -0.2) is 4.79 Å². The summed E-state index contributed by atoms with van der Waals surface area (Å²) < 4.78 is 0. The number of nitrogens with two attached hydrogens (primary N) is 2. The van der Waals surface area contributed by atoms with Gasteiger partial charge in [0.15, 0.2) is 0 Å². The largest absolute Gasteiger partial charge is 0.481 e. The van der Waals surface area contributed by atoms with Gasteiger partial charge in [0.2, 0.25) is 17.7 Å². The van der Waals surface area contributed by atoms with Crippen LogP contribution in [0.4, 0.5) is 0 Å². The van der Waals surface area contributed by atoms with E-state index in [1.54, 1.807) is 0 Å². The van der Waals surface area contributed by atoms with Gasteiger partial charge in [0, 0.05) is 13.0 Å². The van der Waals surface area contributed by atoms with Crippen LogP contribution in [-0.4, -0.2) is 94.0 Å². The third kappa shape index (κ3) is 9.85. The van der Waals surface area contributed by atoms with Crippen LogP contribution < -0.4 is 22.1 Å². The average molecular weight is 504 g/mol. The molecular weight excluding hydrogens is 466 g/mol. The maximum atomic E-state index is 13.3. The van der Waals surface area contributed by atoms with E-state index in [-0.39, 0.29) is 25.7 Å².